The Morgan fingerprint density at radius 1 is 0.950 bits per heavy atom. The van der Waals surface area contributed by atoms with Crippen molar-refractivity contribution >= 4 is 22.6 Å². The molecule has 2 aromatic carbocycles. The first kappa shape index (κ1) is 13.7. The number of rotatable bonds is 2. The van der Waals surface area contributed by atoms with Gasteiger partial charge in [-0.1, -0.05) is 18.2 Å². The van der Waals surface area contributed by atoms with Crippen LogP contribution in [0.3, 0.4) is 0 Å². The summed E-state index contributed by atoms with van der Waals surface area (Å²) in [7, 11) is 0. The maximum absolute atomic E-state index is 6.36. The van der Waals surface area contributed by atoms with Gasteiger partial charge in [-0.15, -0.1) is 0 Å². The molecule has 0 aromatic heterocycles. The van der Waals surface area contributed by atoms with Crippen LogP contribution in [0, 0.1) is 3.57 Å². The van der Waals surface area contributed by atoms with Crippen LogP contribution in [-0.4, -0.2) is 13.2 Å². The van der Waals surface area contributed by atoms with Crippen LogP contribution in [0.15, 0.2) is 42.5 Å². The fourth-order valence-corrected chi connectivity index (χ4v) is 2.83. The minimum atomic E-state index is -0.151. The predicted molar refractivity (Wildman–Crippen MR) is 87.2 cm³/mol. The molecule has 104 valence electrons. The number of benzene rings is 2. The van der Waals surface area contributed by atoms with Gasteiger partial charge >= 0.3 is 0 Å². The Hall–Kier alpha value is -1.27. The van der Waals surface area contributed by atoms with Crippen LogP contribution in [0.4, 0.5) is 0 Å². The standard InChI is InChI=1S/C16H16INO2/c17-13-4-1-3-11(9-13)16(18)12-5-6-14-15(10-12)20-8-2-7-19-14/h1,3-6,9-10,16H,2,7-8,18H2. The van der Waals surface area contributed by atoms with Gasteiger partial charge in [0.25, 0.3) is 0 Å². The highest BCUT2D eigenvalue weighted by atomic mass is 127. The van der Waals surface area contributed by atoms with Crippen molar-refractivity contribution in [3.63, 3.8) is 0 Å². The number of halogens is 1. The van der Waals surface area contributed by atoms with E-state index in [0.29, 0.717) is 13.2 Å². The van der Waals surface area contributed by atoms with Crippen molar-refractivity contribution in [2.45, 2.75) is 12.5 Å². The van der Waals surface area contributed by atoms with Crippen LogP contribution in [0.25, 0.3) is 0 Å². The molecular formula is C16H16INO2. The quantitative estimate of drug-likeness (QED) is 0.810. The van der Waals surface area contributed by atoms with Crippen LogP contribution < -0.4 is 15.2 Å². The third-order valence-corrected chi connectivity index (χ3v) is 4.01. The summed E-state index contributed by atoms with van der Waals surface area (Å²) >= 11 is 2.30. The van der Waals surface area contributed by atoms with Crippen LogP contribution in [0.1, 0.15) is 23.6 Å². The van der Waals surface area contributed by atoms with Crippen molar-refractivity contribution in [1.29, 1.82) is 0 Å². The zero-order chi connectivity index (χ0) is 13.9. The Bertz CT molecular complexity index is 615. The first-order chi connectivity index (χ1) is 9.74. The summed E-state index contributed by atoms with van der Waals surface area (Å²) in [5.41, 5.74) is 8.50. The van der Waals surface area contributed by atoms with Crippen LogP contribution in [-0.2, 0) is 0 Å². The summed E-state index contributed by atoms with van der Waals surface area (Å²) < 4.78 is 12.5. The summed E-state index contributed by atoms with van der Waals surface area (Å²) in [6.45, 7) is 1.39. The number of hydrogen-bond acceptors (Lipinski definition) is 3. The lowest BCUT2D eigenvalue weighted by atomic mass is 9.99. The number of ether oxygens (including phenoxy) is 2. The van der Waals surface area contributed by atoms with Crippen molar-refractivity contribution in [2.24, 2.45) is 5.73 Å². The summed E-state index contributed by atoms with van der Waals surface area (Å²) in [5.74, 6) is 1.60. The Labute approximate surface area is 132 Å². The number of hydrogen-bond donors (Lipinski definition) is 1. The first-order valence-electron chi connectivity index (χ1n) is 6.64. The highest BCUT2D eigenvalue weighted by molar-refractivity contribution is 14.1. The molecule has 3 nitrogen and oxygen atoms in total. The molecule has 20 heavy (non-hydrogen) atoms. The number of fused-ring (bicyclic) bond motifs is 1. The average molecular weight is 381 g/mol. The first-order valence-corrected chi connectivity index (χ1v) is 7.72. The average Bonchev–Trinajstić information content (AvgIpc) is 2.71. The summed E-state index contributed by atoms with van der Waals surface area (Å²) in [6, 6.07) is 14.0. The van der Waals surface area contributed by atoms with E-state index in [1.54, 1.807) is 0 Å². The molecule has 1 atom stereocenters. The maximum Gasteiger partial charge on any atom is 0.161 e. The van der Waals surface area contributed by atoms with Gasteiger partial charge in [-0.25, -0.2) is 0 Å². The SMILES string of the molecule is NC(c1cccc(I)c1)c1ccc2c(c1)OCCCO2. The monoisotopic (exact) mass is 381 g/mol. The van der Waals surface area contributed by atoms with Crippen LogP contribution in [0.2, 0.25) is 0 Å². The molecule has 1 aliphatic rings. The van der Waals surface area contributed by atoms with Gasteiger partial charge in [0.1, 0.15) is 0 Å². The molecule has 3 rings (SSSR count). The van der Waals surface area contributed by atoms with Gasteiger partial charge in [0.05, 0.1) is 19.3 Å². The van der Waals surface area contributed by atoms with E-state index in [9.17, 15) is 0 Å². The van der Waals surface area contributed by atoms with E-state index in [2.05, 4.69) is 40.8 Å². The molecule has 4 heteroatoms. The van der Waals surface area contributed by atoms with E-state index >= 15 is 0 Å². The summed E-state index contributed by atoms with van der Waals surface area (Å²) in [5, 5.41) is 0. The Balaban J connectivity index is 1.92. The third kappa shape index (κ3) is 2.91. The lowest BCUT2D eigenvalue weighted by Gasteiger charge is -2.15. The van der Waals surface area contributed by atoms with Gasteiger partial charge in [-0.2, -0.15) is 0 Å². The molecular weight excluding hydrogens is 365 g/mol. The molecule has 1 unspecified atom stereocenters. The van der Waals surface area contributed by atoms with E-state index in [1.807, 2.05) is 24.3 Å². The second-order valence-corrected chi connectivity index (χ2v) is 6.03. The van der Waals surface area contributed by atoms with Gasteiger partial charge < -0.3 is 15.2 Å². The molecule has 1 heterocycles. The second-order valence-electron chi connectivity index (χ2n) is 4.79. The van der Waals surface area contributed by atoms with Crippen molar-refractivity contribution in [3.05, 3.63) is 57.2 Å². The summed E-state index contributed by atoms with van der Waals surface area (Å²) in [4.78, 5) is 0. The maximum atomic E-state index is 6.36. The van der Waals surface area contributed by atoms with Gasteiger partial charge in [-0.3, -0.25) is 0 Å². The van der Waals surface area contributed by atoms with E-state index < -0.39 is 0 Å². The molecule has 0 amide bonds. The Kier molecular flexibility index (Phi) is 4.12. The largest absolute Gasteiger partial charge is 0.490 e. The van der Waals surface area contributed by atoms with Gasteiger partial charge in [0.2, 0.25) is 0 Å². The Morgan fingerprint density at radius 3 is 2.50 bits per heavy atom. The highest BCUT2D eigenvalue weighted by Crippen LogP contribution is 2.33. The smallest absolute Gasteiger partial charge is 0.161 e. The van der Waals surface area contributed by atoms with E-state index in [-0.39, 0.29) is 6.04 Å². The predicted octanol–water partition coefficient (Wildman–Crippen LogP) is 3.50. The van der Waals surface area contributed by atoms with Crippen LogP contribution in [0.5, 0.6) is 11.5 Å². The third-order valence-electron chi connectivity index (χ3n) is 3.34. The van der Waals surface area contributed by atoms with Gasteiger partial charge in [-0.05, 0) is 58.0 Å². The fourth-order valence-electron chi connectivity index (χ4n) is 2.27. The van der Waals surface area contributed by atoms with Crippen molar-refractivity contribution in [1.82, 2.24) is 0 Å². The van der Waals surface area contributed by atoms with Crippen molar-refractivity contribution in [2.75, 3.05) is 13.2 Å². The van der Waals surface area contributed by atoms with Crippen molar-refractivity contribution < 1.29 is 9.47 Å². The molecule has 0 bridgehead atoms. The zero-order valence-corrected chi connectivity index (χ0v) is 13.2. The molecule has 0 fully saturated rings. The van der Waals surface area contributed by atoms with E-state index in [4.69, 9.17) is 15.2 Å². The zero-order valence-electron chi connectivity index (χ0n) is 11.0. The molecule has 0 radical (unpaired) electrons. The normalized spacial score (nSPS) is 15.5. The minimum absolute atomic E-state index is 0.151. The van der Waals surface area contributed by atoms with Crippen LogP contribution >= 0.6 is 22.6 Å². The van der Waals surface area contributed by atoms with Gasteiger partial charge in [0, 0.05) is 9.99 Å². The molecule has 0 saturated heterocycles. The molecule has 0 spiro atoms. The lowest BCUT2D eigenvalue weighted by Crippen LogP contribution is -2.12. The molecule has 0 aliphatic carbocycles. The molecule has 2 N–H and O–H groups in total. The molecule has 0 saturated carbocycles. The van der Waals surface area contributed by atoms with Crippen molar-refractivity contribution in [3.8, 4) is 11.5 Å². The number of nitrogens with two attached hydrogens (primary N) is 1. The molecule has 1 aliphatic heterocycles. The topological polar surface area (TPSA) is 44.5 Å². The van der Waals surface area contributed by atoms with E-state index in [0.717, 1.165) is 29.0 Å². The fraction of sp³-hybridized carbons (Fsp3) is 0.250. The van der Waals surface area contributed by atoms with E-state index in [1.165, 1.54) is 3.57 Å². The lowest BCUT2D eigenvalue weighted by molar-refractivity contribution is 0.297. The molecule has 2 aromatic rings. The summed E-state index contributed by atoms with van der Waals surface area (Å²) in [6.07, 6.45) is 0.910. The highest BCUT2D eigenvalue weighted by Gasteiger charge is 2.15. The minimum Gasteiger partial charge on any atom is -0.490 e. The van der Waals surface area contributed by atoms with Gasteiger partial charge in [0.15, 0.2) is 11.5 Å². The Morgan fingerprint density at radius 2 is 1.70 bits per heavy atom. The second kappa shape index (κ2) is 6.01.